The molecule has 28 heavy (non-hydrogen) atoms. The van der Waals surface area contributed by atoms with Crippen LogP contribution in [0.4, 0.5) is 0 Å². The van der Waals surface area contributed by atoms with Crippen LogP contribution in [0.1, 0.15) is 27.7 Å². The zero-order valence-electron chi connectivity index (χ0n) is 16.9. The Balaban J connectivity index is 1.89. The number of fused-ring (bicyclic) bond motifs is 3. The Bertz CT molecular complexity index is 1120. The maximum absolute atomic E-state index is 10.4. The molecule has 142 valence electrons. The average Bonchev–Trinajstić information content (AvgIpc) is 3.01. The van der Waals surface area contributed by atoms with Gasteiger partial charge in [-0.1, -0.05) is 48.5 Å². The molecule has 0 saturated heterocycles. The van der Waals surface area contributed by atoms with E-state index in [4.69, 9.17) is 4.65 Å². The van der Waals surface area contributed by atoms with E-state index >= 15 is 0 Å². The van der Waals surface area contributed by atoms with Crippen LogP contribution in [0.3, 0.4) is 0 Å². The zero-order valence-corrected chi connectivity index (χ0v) is 16.9. The fourth-order valence-corrected chi connectivity index (χ4v) is 3.50. The molecular weight excluding hydrogens is 345 g/mol. The van der Waals surface area contributed by atoms with Gasteiger partial charge in [0.2, 0.25) is 0 Å². The van der Waals surface area contributed by atoms with E-state index in [2.05, 4.69) is 71.3 Å². The van der Waals surface area contributed by atoms with Gasteiger partial charge >= 0.3 is 7.48 Å². The third-order valence-electron chi connectivity index (χ3n) is 5.86. The first-order valence-electron chi connectivity index (χ1n) is 9.72. The van der Waals surface area contributed by atoms with Crippen molar-refractivity contribution >= 4 is 34.8 Å². The molecule has 4 aromatic rings. The van der Waals surface area contributed by atoms with Crippen LogP contribution >= 0.6 is 0 Å². The first-order valence-corrected chi connectivity index (χ1v) is 9.72. The molecule has 0 atom stereocenters. The first-order chi connectivity index (χ1) is 13.3. The highest BCUT2D eigenvalue weighted by Crippen LogP contribution is 2.31. The minimum absolute atomic E-state index is 0.442. The van der Waals surface area contributed by atoms with Crippen molar-refractivity contribution in [3.05, 3.63) is 72.8 Å². The van der Waals surface area contributed by atoms with Crippen molar-refractivity contribution in [2.45, 2.75) is 38.9 Å². The number of aliphatic hydroxyl groups is 1. The summed E-state index contributed by atoms with van der Waals surface area (Å²) in [6.45, 7) is 7.44. The summed E-state index contributed by atoms with van der Waals surface area (Å²) in [6.07, 6.45) is 0. The lowest BCUT2D eigenvalue weighted by atomic mass is 9.80. The van der Waals surface area contributed by atoms with Crippen molar-refractivity contribution in [3.63, 3.8) is 0 Å². The van der Waals surface area contributed by atoms with Gasteiger partial charge in [-0.3, -0.25) is 0 Å². The lowest BCUT2D eigenvalue weighted by Gasteiger charge is -2.37. The molecule has 0 aliphatic heterocycles. The second-order valence-corrected chi connectivity index (χ2v) is 8.36. The van der Waals surface area contributed by atoms with Crippen LogP contribution in [0.5, 0.6) is 0 Å². The molecule has 0 unspecified atom stereocenters. The maximum atomic E-state index is 10.4. The standard InChI is InChI=1S/C24H26BNO2/c1-23(2,27)24(3,4)28-25-19-14-10-16-21-22(19)18-13-8-9-15-20(18)26(21)17-11-6-5-7-12-17/h5-16,25,27H,1-4H3. The van der Waals surface area contributed by atoms with Gasteiger partial charge in [-0.25, -0.2) is 0 Å². The molecule has 0 aliphatic rings. The fraction of sp³-hybridized carbons (Fsp3) is 0.250. The van der Waals surface area contributed by atoms with E-state index in [1.54, 1.807) is 13.8 Å². The Kier molecular flexibility index (Phi) is 4.57. The largest absolute Gasteiger partial charge is 0.427 e. The van der Waals surface area contributed by atoms with E-state index < -0.39 is 11.2 Å². The molecule has 1 N–H and O–H groups in total. The summed E-state index contributed by atoms with van der Waals surface area (Å²) in [6, 6.07) is 25.3. The third kappa shape index (κ3) is 3.13. The predicted molar refractivity (Wildman–Crippen MR) is 119 cm³/mol. The van der Waals surface area contributed by atoms with Gasteiger partial charge in [-0.2, -0.15) is 0 Å². The summed E-state index contributed by atoms with van der Waals surface area (Å²) in [5.74, 6) is 0. The van der Waals surface area contributed by atoms with E-state index in [1.165, 1.54) is 16.3 Å². The van der Waals surface area contributed by atoms with E-state index in [0.717, 1.165) is 16.7 Å². The Morgan fingerprint density at radius 1 is 0.786 bits per heavy atom. The van der Waals surface area contributed by atoms with Crippen LogP contribution in [-0.2, 0) is 4.65 Å². The highest BCUT2D eigenvalue weighted by atomic mass is 16.5. The zero-order chi connectivity index (χ0) is 19.9. The number of nitrogens with zero attached hydrogens (tertiary/aromatic N) is 1. The number of benzene rings is 3. The predicted octanol–water partition coefficient (Wildman–Crippen LogP) is 4.33. The van der Waals surface area contributed by atoms with E-state index in [-0.39, 0.29) is 0 Å². The molecule has 0 amide bonds. The molecule has 0 bridgehead atoms. The van der Waals surface area contributed by atoms with E-state index in [0.29, 0.717) is 7.48 Å². The lowest BCUT2D eigenvalue weighted by molar-refractivity contribution is -0.0893. The van der Waals surface area contributed by atoms with Gasteiger partial charge in [-0.15, -0.1) is 0 Å². The summed E-state index contributed by atoms with van der Waals surface area (Å²) in [5, 5.41) is 12.8. The minimum atomic E-state index is -0.932. The summed E-state index contributed by atoms with van der Waals surface area (Å²) in [5.41, 5.74) is 3.02. The Morgan fingerprint density at radius 3 is 2.14 bits per heavy atom. The van der Waals surface area contributed by atoms with Gasteiger partial charge in [0.05, 0.1) is 22.2 Å². The molecule has 3 nitrogen and oxygen atoms in total. The maximum Gasteiger partial charge on any atom is 0.310 e. The molecule has 1 aromatic heterocycles. The summed E-state index contributed by atoms with van der Waals surface area (Å²) >= 11 is 0. The van der Waals surface area contributed by atoms with Crippen molar-refractivity contribution in [2.75, 3.05) is 0 Å². The lowest BCUT2D eigenvalue weighted by Crippen LogP contribution is -2.49. The molecule has 0 spiro atoms. The molecular formula is C24H26BNO2. The van der Waals surface area contributed by atoms with Crippen LogP contribution in [-0.4, -0.2) is 28.4 Å². The normalized spacial score (nSPS) is 12.6. The summed E-state index contributed by atoms with van der Waals surface area (Å²) in [7, 11) is 0.442. The number of aromatic nitrogens is 1. The molecule has 0 fully saturated rings. The van der Waals surface area contributed by atoms with E-state index in [1.807, 2.05) is 19.9 Å². The van der Waals surface area contributed by atoms with Gasteiger partial charge in [0.25, 0.3) is 0 Å². The number of hydrogen-bond acceptors (Lipinski definition) is 2. The summed E-state index contributed by atoms with van der Waals surface area (Å²) in [4.78, 5) is 0. The molecule has 0 radical (unpaired) electrons. The van der Waals surface area contributed by atoms with Gasteiger partial charge < -0.3 is 14.3 Å². The van der Waals surface area contributed by atoms with Crippen molar-refractivity contribution in [3.8, 4) is 5.69 Å². The van der Waals surface area contributed by atoms with Gasteiger partial charge in [0.15, 0.2) is 0 Å². The van der Waals surface area contributed by atoms with Crippen LogP contribution < -0.4 is 5.46 Å². The van der Waals surface area contributed by atoms with Crippen LogP contribution in [0.15, 0.2) is 72.8 Å². The minimum Gasteiger partial charge on any atom is -0.427 e. The molecule has 3 aromatic carbocycles. The highest BCUT2D eigenvalue weighted by molar-refractivity contribution is 6.53. The van der Waals surface area contributed by atoms with Gasteiger partial charge in [-0.05, 0) is 57.4 Å². The van der Waals surface area contributed by atoms with Crippen LogP contribution in [0.2, 0.25) is 0 Å². The van der Waals surface area contributed by atoms with Crippen LogP contribution in [0, 0.1) is 0 Å². The second-order valence-electron chi connectivity index (χ2n) is 8.36. The van der Waals surface area contributed by atoms with Gasteiger partial charge in [0, 0.05) is 16.5 Å². The number of para-hydroxylation sites is 2. The Morgan fingerprint density at radius 2 is 1.43 bits per heavy atom. The quantitative estimate of drug-likeness (QED) is 0.530. The van der Waals surface area contributed by atoms with Gasteiger partial charge in [0.1, 0.15) is 0 Å². The van der Waals surface area contributed by atoms with Crippen LogP contribution in [0.25, 0.3) is 27.5 Å². The SMILES string of the molecule is CC(C)(O)C(C)(C)OBc1cccc2c1c1ccccc1n2-c1ccccc1. The van der Waals surface area contributed by atoms with Crippen molar-refractivity contribution in [1.29, 1.82) is 0 Å². The third-order valence-corrected chi connectivity index (χ3v) is 5.86. The number of hydrogen-bond donors (Lipinski definition) is 1. The molecule has 4 heteroatoms. The molecule has 4 rings (SSSR count). The Hall–Kier alpha value is -2.56. The summed E-state index contributed by atoms with van der Waals surface area (Å²) < 4.78 is 8.49. The second kappa shape index (κ2) is 6.80. The number of rotatable bonds is 5. The Labute approximate surface area is 166 Å². The molecule has 0 saturated carbocycles. The molecule has 0 aliphatic carbocycles. The van der Waals surface area contributed by atoms with E-state index in [9.17, 15) is 5.11 Å². The first kappa shape index (κ1) is 18.8. The smallest absolute Gasteiger partial charge is 0.310 e. The molecule has 1 heterocycles. The topological polar surface area (TPSA) is 34.4 Å². The highest BCUT2D eigenvalue weighted by Gasteiger charge is 2.35. The fourth-order valence-electron chi connectivity index (χ4n) is 3.50. The van der Waals surface area contributed by atoms with Crippen molar-refractivity contribution < 1.29 is 9.76 Å². The average molecular weight is 371 g/mol. The van der Waals surface area contributed by atoms with Crippen molar-refractivity contribution in [1.82, 2.24) is 4.57 Å². The monoisotopic (exact) mass is 371 g/mol. The van der Waals surface area contributed by atoms with Crippen molar-refractivity contribution in [2.24, 2.45) is 0 Å².